The van der Waals surface area contributed by atoms with Crippen LogP contribution in [0, 0.1) is 18.7 Å². The van der Waals surface area contributed by atoms with Crippen LogP contribution in [-0.4, -0.2) is 73.1 Å². The number of nitrogens with one attached hydrogen (secondary N) is 2. The average Bonchev–Trinajstić information content (AvgIpc) is 3.77. The fourth-order valence-corrected chi connectivity index (χ4v) is 5.34. The Hall–Kier alpha value is -5.05. The highest BCUT2D eigenvalue weighted by Gasteiger charge is 2.36. The molecule has 0 aliphatic carbocycles. The highest BCUT2D eigenvalue weighted by molar-refractivity contribution is 5.93. The number of aryl methyl sites for hydroxylation is 1. The number of aromatic nitrogens is 6. The number of ether oxygens (including phenoxy) is 1. The molecule has 1 unspecified atom stereocenters. The predicted octanol–water partition coefficient (Wildman–Crippen LogP) is 4.87. The molecule has 1 atom stereocenters. The molecule has 1 aliphatic heterocycles. The van der Waals surface area contributed by atoms with Crippen molar-refractivity contribution in [1.82, 2.24) is 34.3 Å². The third-order valence-electron chi connectivity index (χ3n) is 7.64. The van der Waals surface area contributed by atoms with Crippen molar-refractivity contribution in [2.45, 2.75) is 26.1 Å². The number of rotatable bonds is 9. The number of benzene rings is 2. The van der Waals surface area contributed by atoms with Crippen molar-refractivity contribution < 1.29 is 27.1 Å². The number of carbonyl (C=O) groups excluding carboxylic acids is 1. The molecule has 6 rings (SSSR count). The fourth-order valence-electron chi connectivity index (χ4n) is 5.34. The molecule has 3 aromatic heterocycles. The number of likely N-dealkylation sites (tertiary alicyclic amines) is 1. The Morgan fingerprint density at radius 3 is 2.67 bits per heavy atom. The first-order chi connectivity index (χ1) is 21.6. The number of nitrogens with zero attached hydrogens (tertiary/aromatic N) is 7. The van der Waals surface area contributed by atoms with Gasteiger partial charge in [-0.25, -0.2) is 23.6 Å². The van der Waals surface area contributed by atoms with E-state index in [0.717, 1.165) is 11.3 Å². The van der Waals surface area contributed by atoms with Crippen molar-refractivity contribution in [3.63, 3.8) is 0 Å². The zero-order valence-electron chi connectivity index (χ0n) is 24.3. The molecule has 0 bridgehead atoms. The largest absolute Gasteiger partial charge is 0.497 e. The summed E-state index contributed by atoms with van der Waals surface area (Å²) in [5.41, 5.74) is 3.84. The Balaban J connectivity index is 1.19. The molecule has 2 aromatic carbocycles. The lowest BCUT2D eigenvalue weighted by atomic mass is 10.1. The summed E-state index contributed by atoms with van der Waals surface area (Å²) in [5.74, 6) is -0.563. The van der Waals surface area contributed by atoms with E-state index >= 15 is 0 Å². The first-order valence-corrected chi connectivity index (χ1v) is 14.1. The Morgan fingerprint density at radius 2 is 1.91 bits per heavy atom. The number of hydrogen-bond donors (Lipinski definition) is 2. The second-order valence-electron chi connectivity index (χ2n) is 10.8. The summed E-state index contributed by atoms with van der Waals surface area (Å²) < 4.78 is 61.6. The van der Waals surface area contributed by atoms with Gasteiger partial charge in [0.25, 0.3) is 0 Å². The maximum absolute atomic E-state index is 14.9. The molecular weight excluding hydrogens is 594 g/mol. The molecule has 45 heavy (non-hydrogen) atoms. The van der Waals surface area contributed by atoms with Crippen molar-refractivity contribution >= 4 is 23.1 Å². The summed E-state index contributed by atoms with van der Waals surface area (Å²) in [7, 11) is 1.61. The van der Waals surface area contributed by atoms with Crippen LogP contribution in [-0.2, 0) is 11.3 Å². The van der Waals surface area contributed by atoms with Crippen LogP contribution in [0.4, 0.5) is 29.1 Å². The molecule has 0 spiro atoms. The lowest BCUT2D eigenvalue weighted by molar-refractivity contribution is -0.144. The van der Waals surface area contributed by atoms with E-state index in [1.165, 1.54) is 23.4 Å². The number of anilines is 2. The quantitative estimate of drug-likeness (QED) is 0.224. The lowest BCUT2D eigenvalue weighted by Crippen LogP contribution is -2.34. The van der Waals surface area contributed by atoms with E-state index in [1.54, 1.807) is 41.8 Å². The van der Waals surface area contributed by atoms with Gasteiger partial charge in [-0.15, -0.1) is 0 Å². The molecule has 15 heteroatoms. The van der Waals surface area contributed by atoms with Crippen LogP contribution in [0.1, 0.15) is 17.5 Å². The van der Waals surface area contributed by atoms with Crippen LogP contribution in [0.15, 0.2) is 61.3 Å². The predicted molar refractivity (Wildman–Crippen MR) is 158 cm³/mol. The monoisotopic (exact) mass is 623 g/mol. The number of alkyl halides is 3. The minimum atomic E-state index is -4.35. The number of amides is 1. The van der Waals surface area contributed by atoms with Crippen molar-refractivity contribution in [3.05, 3.63) is 78.3 Å². The molecule has 0 radical (unpaired) electrons. The van der Waals surface area contributed by atoms with E-state index in [-0.39, 0.29) is 25.2 Å². The first kappa shape index (κ1) is 30.0. The van der Waals surface area contributed by atoms with Gasteiger partial charge in [0, 0.05) is 24.8 Å². The molecular formula is C30H29F4N9O2. The standard InChI is InChI=1S/C30H29F4N9O2/c1-18-9-23(31)24(40-29(44)20-7-8-41(14-20)16-30(32,33)34)10-25(18)42-15-21(12-38-42)26-13-36-28-27(37-17-39-43(26)28)35-11-19-3-5-22(45-2)6-4-19/h3-6,9-10,12-13,15,17,20H,7-8,11,14,16H2,1-2H3,(H,40,44)(H,35,37,39). The summed E-state index contributed by atoms with van der Waals surface area (Å²) in [6.07, 6.45) is 2.33. The first-order valence-electron chi connectivity index (χ1n) is 14.1. The summed E-state index contributed by atoms with van der Waals surface area (Å²) in [6.45, 7) is 1.23. The van der Waals surface area contributed by atoms with Gasteiger partial charge >= 0.3 is 6.18 Å². The molecule has 11 nitrogen and oxygen atoms in total. The molecule has 1 saturated heterocycles. The minimum Gasteiger partial charge on any atom is -0.497 e. The molecule has 234 valence electrons. The Labute approximate surface area is 254 Å². The maximum atomic E-state index is 14.9. The lowest BCUT2D eigenvalue weighted by Gasteiger charge is -2.18. The van der Waals surface area contributed by atoms with Gasteiger partial charge in [-0.3, -0.25) is 9.69 Å². The van der Waals surface area contributed by atoms with Crippen molar-refractivity contribution in [1.29, 1.82) is 0 Å². The number of hydrogen-bond acceptors (Lipinski definition) is 8. The highest BCUT2D eigenvalue weighted by atomic mass is 19.4. The number of methoxy groups -OCH3 is 1. The second-order valence-corrected chi connectivity index (χ2v) is 10.8. The van der Waals surface area contributed by atoms with Crippen LogP contribution in [0.2, 0.25) is 0 Å². The fraction of sp³-hybridized carbons (Fsp3) is 0.300. The van der Waals surface area contributed by atoms with Gasteiger partial charge in [0.1, 0.15) is 17.9 Å². The van der Waals surface area contributed by atoms with Gasteiger partial charge in [-0.05, 0) is 55.3 Å². The van der Waals surface area contributed by atoms with E-state index in [0.29, 0.717) is 40.5 Å². The van der Waals surface area contributed by atoms with Crippen molar-refractivity contribution in [2.75, 3.05) is 37.4 Å². The summed E-state index contributed by atoms with van der Waals surface area (Å²) >= 11 is 0. The molecule has 1 amide bonds. The maximum Gasteiger partial charge on any atom is 0.401 e. The van der Waals surface area contributed by atoms with E-state index in [1.807, 2.05) is 24.3 Å². The van der Waals surface area contributed by atoms with Crippen molar-refractivity contribution in [3.8, 4) is 22.7 Å². The average molecular weight is 624 g/mol. The summed E-state index contributed by atoms with van der Waals surface area (Å²) in [4.78, 5) is 22.9. The topological polar surface area (TPSA) is 114 Å². The number of fused-ring (bicyclic) bond motifs is 1. The van der Waals surface area contributed by atoms with Gasteiger partial charge in [-0.1, -0.05) is 12.1 Å². The van der Waals surface area contributed by atoms with E-state index < -0.39 is 30.4 Å². The van der Waals surface area contributed by atoms with E-state index in [9.17, 15) is 22.4 Å². The number of imidazole rings is 1. The zero-order valence-corrected chi connectivity index (χ0v) is 24.3. The normalized spacial score (nSPS) is 15.5. The van der Waals surface area contributed by atoms with Gasteiger partial charge < -0.3 is 15.4 Å². The molecule has 4 heterocycles. The number of carbonyl (C=O) groups is 1. The van der Waals surface area contributed by atoms with E-state index in [2.05, 4.69) is 30.8 Å². The molecule has 1 aliphatic rings. The zero-order chi connectivity index (χ0) is 31.7. The van der Waals surface area contributed by atoms with Gasteiger partial charge in [-0.2, -0.15) is 23.4 Å². The minimum absolute atomic E-state index is 0.0459. The molecule has 2 N–H and O–H groups in total. The van der Waals surface area contributed by atoms with Crippen molar-refractivity contribution in [2.24, 2.45) is 5.92 Å². The SMILES string of the molecule is COc1ccc(CNc2ncnn3c(-c4cnn(-c5cc(NC(=O)C6CCN(CC(F)(F)F)C6)c(F)cc5C)c4)cnc23)cc1. The molecule has 1 fully saturated rings. The van der Waals surface area contributed by atoms with Gasteiger partial charge in [0.2, 0.25) is 5.91 Å². The van der Waals surface area contributed by atoms with Gasteiger partial charge in [0.15, 0.2) is 11.5 Å². The van der Waals surface area contributed by atoms with Crippen LogP contribution in [0.25, 0.3) is 22.6 Å². The molecule has 5 aromatic rings. The van der Waals surface area contributed by atoms with Gasteiger partial charge in [0.05, 0.1) is 49.0 Å². The summed E-state index contributed by atoms with van der Waals surface area (Å²) in [5, 5.41) is 14.7. The number of halogens is 4. The van der Waals surface area contributed by atoms with Crippen LogP contribution in [0.3, 0.4) is 0 Å². The second kappa shape index (κ2) is 12.1. The van der Waals surface area contributed by atoms with E-state index in [4.69, 9.17) is 4.74 Å². The molecule has 0 saturated carbocycles. The Bertz CT molecular complexity index is 1840. The Morgan fingerprint density at radius 1 is 1.11 bits per heavy atom. The smallest absolute Gasteiger partial charge is 0.401 e. The Kier molecular flexibility index (Phi) is 8.10. The summed E-state index contributed by atoms with van der Waals surface area (Å²) in [6, 6.07) is 10.4. The highest BCUT2D eigenvalue weighted by Crippen LogP contribution is 2.29. The van der Waals surface area contributed by atoms with Crippen LogP contribution < -0.4 is 15.4 Å². The third kappa shape index (κ3) is 6.57. The van der Waals surface area contributed by atoms with Crippen LogP contribution >= 0.6 is 0 Å². The third-order valence-corrected chi connectivity index (χ3v) is 7.64. The van der Waals surface area contributed by atoms with Crippen LogP contribution in [0.5, 0.6) is 5.75 Å².